The second-order valence-corrected chi connectivity index (χ2v) is 6.72. The van der Waals surface area contributed by atoms with Gasteiger partial charge in [0.05, 0.1) is 18.4 Å². The maximum atomic E-state index is 12.6. The summed E-state index contributed by atoms with van der Waals surface area (Å²) in [6, 6.07) is 12.3. The number of ether oxygens (including phenoxy) is 2. The summed E-state index contributed by atoms with van der Waals surface area (Å²) >= 11 is 0. The van der Waals surface area contributed by atoms with E-state index < -0.39 is 5.97 Å². The van der Waals surface area contributed by atoms with Crippen LogP contribution in [0.3, 0.4) is 0 Å². The number of aryl methyl sites for hydroxylation is 1. The van der Waals surface area contributed by atoms with Gasteiger partial charge in [-0.2, -0.15) is 0 Å². The Morgan fingerprint density at radius 3 is 2.43 bits per heavy atom. The van der Waals surface area contributed by atoms with Crippen LogP contribution in [0.15, 0.2) is 42.5 Å². The van der Waals surface area contributed by atoms with Crippen LogP contribution in [0.2, 0.25) is 0 Å². The van der Waals surface area contributed by atoms with Crippen LogP contribution >= 0.6 is 0 Å². The molecule has 2 N–H and O–H groups in total. The predicted octanol–water partition coefficient (Wildman–Crippen LogP) is 4.53. The summed E-state index contributed by atoms with van der Waals surface area (Å²) in [5.41, 5.74) is 1.85. The molecule has 0 aliphatic carbocycles. The summed E-state index contributed by atoms with van der Waals surface area (Å²) in [7, 11) is 0. The van der Waals surface area contributed by atoms with Crippen molar-refractivity contribution >= 4 is 17.6 Å². The molecule has 1 amide bonds. The zero-order valence-electron chi connectivity index (χ0n) is 16.5. The number of amides is 1. The molecule has 0 saturated heterocycles. The fraction of sp³-hybridized carbons (Fsp3) is 0.364. The Balaban J connectivity index is 2.17. The number of benzene rings is 2. The van der Waals surface area contributed by atoms with E-state index in [0.29, 0.717) is 35.8 Å². The van der Waals surface area contributed by atoms with Gasteiger partial charge in [-0.1, -0.05) is 13.0 Å². The van der Waals surface area contributed by atoms with Crippen molar-refractivity contribution in [2.24, 2.45) is 0 Å². The van der Waals surface area contributed by atoms with Crippen LogP contribution < -0.4 is 14.8 Å². The molecule has 0 fully saturated rings. The summed E-state index contributed by atoms with van der Waals surface area (Å²) in [4.78, 5) is 23.5. The van der Waals surface area contributed by atoms with Crippen molar-refractivity contribution in [3.05, 3.63) is 53.6 Å². The van der Waals surface area contributed by atoms with Crippen molar-refractivity contribution in [1.29, 1.82) is 0 Å². The van der Waals surface area contributed by atoms with Crippen LogP contribution in [0.4, 0.5) is 5.69 Å². The third-order valence-electron chi connectivity index (χ3n) is 3.87. The summed E-state index contributed by atoms with van der Waals surface area (Å²) in [6.45, 7) is 6.41. The van der Waals surface area contributed by atoms with Gasteiger partial charge in [0, 0.05) is 12.0 Å². The lowest BCUT2D eigenvalue weighted by Gasteiger charge is -2.14. The molecule has 2 aromatic rings. The van der Waals surface area contributed by atoms with E-state index >= 15 is 0 Å². The summed E-state index contributed by atoms with van der Waals surface area (Å²) in [6.07, 6.45) is 1.31. The maximum Gasteiger partial charge on any atom is 0.303 e. The SMILES string of the molecule is CCCOc1ccc(CCC(=O)O)cc1NC(=O)c1ccc(OC(C)C)cc1. The molecule has 0 radical (unpaired) electrons. The highest BCUT2D eigenvalue weighted by Crippen LogP contribution is 2.27. The molecule has 0 heterocycles. The highest BCUT2D eigenvalue weighted by atomic mass is 16.5. The molecule has 2 rings (SSSR count). The molecule has 0 spiro atoms. The van der Waals surface area contributed by atoms with Crippen LogP contribution in [0.1, 0.15) is 49.5 Å². The highest BCUT2D eigenvalue weighted by Gasteiger charge is 2.12. The van der Waals surface area contributed by atoms with E-state index in [9.17, 15) is 9.59 Å². The topological polar surface area (TPSA) is 84.9 Å². The van der Waals surface area contributed by atoms with Crippen molar-refractivity contribution in [2.75, 3.05) is 11.9 Å². The number of carboxylic acids is 1. The molecule has 0 aromatic heterocycles. The number of carbonyl (C=O) groups excluding carboxylic acids is 1. The van der Waals surface area contributed by atoms with Crippen LogP contribution in [-0.2, 0) is 11.2 Å². The van der Waals surface area contributed by atoms with Crippen LogP contribution in [0, 0.1) is 0 Å². The smallest absolute Gasteiger partial charge is 0.303 e. The highest BCUT2D eigenvalue weighted by molar-refractivity contribution is 6.05. The van der Waals surface area contributed by atoms with Gasteiger partial charge in [-0.15, -0.1) is 0 Å². The fourth-order valence-corrected chi connectivity index (χ4v) is 2.57. The average molecular weight is 385 g/mol. The summed E-state index contributed by atoms with van der Waals surface area (Å²) in [5, 5.41) is 11.8. The zero-order valence-corrected chi connectivity index (χ0v) is 16.5. The van der Waals surface area contributed by atoms with Gasteiger partial charge in [0.15, 0.2) is 0 Å². The van der Waals surface area contributed by atoms with Crippen molar-refractivity contribution < 1.29 is 24.2 Å². The van der Waals surface area contributed by atoms with Gasteiger partial charge >= 0.3 is 5.97 Å². The first-order valence-electron chi connectivity index (χ1n) is 9.44. The number of aliphatic carboxylic acids is 1. The van der Waals surface area contributed by atoms with E-state index in [1.807, 2.05) is 26.8 Å². The monoisotopic (exact) mass is 385 g/mol. The maximum absolute atomic E-state index is 12.6. The van der Waals surface area contributed by atoms with Crippen molar-refractivity contribution in [3.8, 4) is 11.5 Å². The number of rotatable bonds is 10. The molecule has 0 aliphatic heterocycles. The second kappa shape index (κ2) is 10.3. The number of hydrogen-bond donors (Lipinski definition) is 2. The largest absolute Gasteiger partial charge is 0.491 e. The normalized spacial score (nSPS) is 10.6. The van der Waals surface area contributed by atoms with Gasteiger partial charge in [-0.3, -0.25) is 9.59 Å². The van der Waals surface area contributed by atoms with Crippen LogP contribution in [0.25, 0.3) is 0 Å². The first-order chi connectivity index (χ1) is 13.4. The molecule has 0 atom stereocenters. The van der Waals surface area contributed by atoms with Gasteiger partial charge in [0.25, 0.3) is 5.91 Å². The lowest BCUT2D eigenvalue weighted by molar-refractivity contribution is -0.136. The molecular weight excluding hydrogens is 358 g/mol. The summed E-state index contributed by atoms with van der Waals surface area (Å²) < 4.78 is 11.3. The third-order valence-corrected chi connectivity index (χ3v) is 3.87. The third kappa shape index (κ3) is 6.61. The van der Waals surface area contributed by atoms with E-state index in [1.165, 1.54) is 0 Å². The molecule has 28 heavy (non-hydrogen) atoms. The molecule has 0 aliphatic rings. The quantitative estimate of drug-likeness (QED) is 0.627. The number of hydrogen-bond acceptors (Lipinski definition) is 4. The Hall–Kier alpha value is -3.02. The van der Waals surface area contributed by atoms with E-state index in [2.05, 4.69) is 5.32 Å². The first kappa shape index (κ1) is 21.3. The second-order valence-electron chi connectivity index (χ2n) is 6.72. The van der Waals surface area contributed by atoms with E-state index in [4.69, 9.17) is 14.6 Å². The van der Waals surface area contributed by atoms with Gasteiger partial charge in [0.1, 0.15) is 11.5 Å². The van der Waals surface area contributed by atoms with E-state index in [0.717, 1.165) is 12.0 Å². The van der Waals surface area contributed by atoms with Gasteiger partial charge in [-0.25, -0.2) is 0 Å². The fourth-order valence-electron chi connectivity index (χ4n) is 2.57. The van der Waals surface area contributed by atoms with E-state index in [-0.39, 0.29) is 18.4 Å². The Kier molecular flexibility index (Phi) is 7.87. The number of nitrogens with one attached hydrogen (secondary N) is 1. The Bertz CT molecular complexity index is 799. The minimum atomic E-state index is -0.861. The van der Waals surface area contributed by atoms with Crippen LogP contribution in [-0.4, -0.2) is 29.7 Å². The van der Waals surface area contributed by atoms with Gasteiger partial charge in [0.2, 0.25) is 0 Å². The lowest BCUT2D eigenvalue weighted by atomic mass is 10.1. The Labute approximate surface area is 165 Å². The first-order valence-corrected chi connectivity index (χ1v) is 9.44. The lowest BCUT2D eigenvalue weighted by Crippen LogP contribution is -2.14. The molecule has 0 saturated carbocycles. The Morgan fingerprint density at radius 1 is 1.11 bits per heavy atom. The molecule has 0 unspecified atom stereocenters. The number of carboxylic acid groups (broad SMARTS) is 1. The van der Waals surface area contributed by atoms with Gasteiger partial charge in [-0.05, 0) is 68.7 Å². The van der Waals surface area contributed by atoms with Crippen molar-refractivity contribution in [2.45, 2.75) is 46.1 Å². The molecule has 150 valence electrons. The molecular formula is C22H27NO5. The number of carbonyl (C=O) groups is 2. The minimum Gasteiger partial charge on any atom is -0.491 e. The molecule has 2 aromatic carbocycles. The molecule has 6 nitrogen and oxygen atoms in total. The predicted molar refractivity (Wildman–Crippen MR) is 108 cm³/mol. The van der Waals surface area contributed by atoms with Crippen LogP contribution in [0.5, 0.6) is 11.5 Å². The Morgan fingerprint density at radius 2 is 1.82 bits per heavy atom. The summed E-state index contributed by atoms with van der Waals surface area (Å²) in [5.74, 6) is 0.136. The van der Waals surface area contributed by atoms with Crippen molar-refractivity contribution in [1.82, 2.24) is 0 Å². The molecule has 6 heteroatoms. The minimum absolute atomic E-state index is 0.0276. The standard InChI is InChI=1S/C22H27NO5/c1-4-13-27-20-11-5-16(6-12-21(24)25)14-19(20)23-22(26)17-7-9-18(10-8-17)28-15(2)3/h5,7-11,14-15H,4,6,12-13H2,1-3H3,(H,23,26)(H,24,25). The van der Waals surface area contributed by atoms with E-state index in [1.54, 1.807) is 36.4 Å². The zero-order chi connectivity index (χ0) is 20.5. The average Bonchev–Trinajstić information content (AvgIpc) is 2.65. The van der Waals surface area contributed by atoms with Gasteiger partial charge < -0.3 is 19.9 Å². The van der Waals surface area contributed by atoms with Crippen molar-refractivity contribution in [3.63, 3.8) is 0 Å². The number of anilines is 1. The molecule has 0 bridgehead atoms.